The molecular formula is C44H22O4. The first kappa shape index (κ1) is 26.7. The van der Waals surface area contributed by atoms with Gasteiger partial charge in [-0.05, 0) is 67.4 Å². The summed E-state index contributed by atoms with van der Waals surface area (Å²) < 4.78 is 0. The normalized spacial score (nSPS) is 12.8. The summed E-state index contributed by atoms with van der Waals surface area (Å²) in [5, 5.41) is 13.6. The molecule has 1 aliphatic carbocycles. The van der Waals surface area contributed by atoms with Crippen molar-refractivity contribution < 1.29 is 9.59 Å². The second-order valence-corrected chi connectivity index (χ2v) is 12.5. The van der Waals surface area contributed by atoms with Crippen LogP contribution in [0.2, 0.25) is 0 Å². The lowest BCUT2D eigenvalue weighted by Gasteiger charge is -2.18. The lowest BCUT2D eigenvalue weighted by atomic mass is 9.84. The molecule has 11 rings (SSSR count). The highest BCUT2D eigenvalue weighted by Crippen LogP contribution is 2.45. The molecule has 0 saturated heterocycles. The first-order chi connectivity index (χ1) is 23.5. The summed E-state index contributed by atoms with van der Waals surface area (Å²) >= 11 is 0. The monoisotopic (exact) mass is 614 g/mol. The fourth-order valence-corrected chi connectivity index (χ4v) is 8.01. The van der Waals surface area contributed by atoms with Crippen LogP contribution in [0.1, 0.15) is 31.8 Å². The Morgan fingerprint density at radius 2 is 0.604 bits per heavy atom. The van der Waals surface area contributed by atoms with E-state index in [9.17, 15) is 19.2 Å². The molecule has 0 heterocycles. The van der Waals surface area contributed by atoms with Gasteiger partial charge in [-0.15, -0.1) is 0 Å². The van der Waals surface area contributed by atoms with Crippen molar-refractivity contribution in [3.63, 3.8) is 0 Å². The van der Waals surface area contributed by atoms with E-state index in [1.54, 1.807) is 48.5 Å². The van der Waals surface area contributed by atoms with Crippen LogP contribution in [0.15, 0.2) is 143 Å². The van der Waals surface area contributed by atoms with Crippen molar-refractivity contribution in [1.29, 1.82) is 0 Å². The van der Waals surface area contributed by atoms with Gasteiger partial charge in [0.05, 0.1) is 0 Å². The van der Waals surface area contributed by atoms with Gasteiger partial charge >= 0.3 is 0 Å². The molecule has 0 aromatic heterocycles. The largest absolute Gasteiger partial charge is 0.289 e. The van der Waals surface area contributed by atoms with E-state index in [1.165, 1.54) is 0 Å². The highest BCUT2D eigenvalue weighted by molar-refractivity contribution is 6.40. The number of benzene rings is 10. The Balaban J connectivity index is 0.000000155. The average Bonchev–Trinajstić information content (AvgIpc) is 3.14. The van der Waals surface area contributed by atoms with Crippen LogP contribution >= 0.6 is 0 Å². The molecule has 0 aliphatic heterocycles. The Kier molecular flexibility index (Phi) is 5.28. The minimum atomic E-state index is -0.0641. The van der Waals surface area contributed by atoms with Gasteiger partial charge in [0.15, 0.2) is 22.4 Å². The molecule has 0 amide bonds. The second-order valence-electron chi connectivity index (χ2n) is 12.5. The Morgan fingerprint density at radius 1 is 0.271 bits per heavy atom. The summed E-state index contributed by atoms with van der Waals surface area (Å²) in [6.45, 7) is 0. The lowest BCUT2D eigenvalue weighted by Crippen LogP contribution is -2.20. The zero-order valence-electron chi connectivity index (χ0n) is 25.3. The molecule has 0 spiro atoms. The molecule has 4 heteroatoms. The number of carbonyl (C=O) groups is 2. The third-order valence-corrected chi connectivity index (χ3v) is 10.1. The Morgan fingerprint density at radius 3 is 0.979 bits per heavy atom. The molecular weight excluding hydrogens is 592 g/mol. The molecule has 222 valence electrons. The Labute approximate surface area is 272 Å². The third-order valence-electron chi connectivity index (χ3n) is 10.1. The molecule has 10 aromatic carbocycles. The number of ketones is 2. The standard InChI is InChI=1S/C30H14O2.C14H8O2/c31-29-19-7-3-1-5-17(19)23-13-15-9-12-22-28-24(18-6-2-4-8-20(18)30(22)32)14-16-10-11-21(29)27(23)25(16)26(15)28;15-13-9-5-1-2-6-10(9)14(16)12-8-4-3-7-11(12)13/h1-14H;1-8H. The first-order valence-corrected chi connectivity index (χ1v) is 15.9. The summed E-state index contributed by atoms with van der Waals surface area (Å²) in [4.78, 5) is 51.0. The van der Waals surface area contributed by atoms with E-state index < -0.39 is 0 Å². The van der Waals surface area contributed by atoms with Gasteiger partial charge in [0, 0.05) is 54.6 Å². The fraction of sp³-hybridized carbons (Fsp3) is 0. The van der Waals surface area contributed by atoms with E-state index in [-0.39, 0.29) is 22.4 Å². The number of hydrogen-bond donors (Lipinski definition) is 0. The number of hydrogen-bond acceptors (Lipinski definition) is 4. The van der Waals surface area contributed by atoms with Crippen molar-refractivity contribution in [3.8, 4) is 0 Å². The van der Waals surface area contributed by atoms with Crippen molar-refractivity contribution in [1.82, 2.24) is 0 Å². The maximum Gasteiger partial charge on any atom is 0.194 e. The predicted octanol–water partition coefficient (Wildman–Crippen LogP) is 9.25. The lowest BCUT2D eigenvalue weighted by molar-refractivity contribution is 0.0979. The van der Waals surface area contributed by atoms with Gasteiger partial charge in [0.1, 0.15) is 0 Å². The van der Waals surface area contributed by atoms with Gasteiger partial charge in [0.2, 0.25) is 0 Å². The topological polar surface area (TPSA) is 68.3 Å². The smallest absolute Gasteiger partial charge is 0.194 e. The molecule has 0 radical (unpaired) electrons. The van der Waals surface area contributed by atoms with Gasteiger partial charge in [-0.3, -0.25) is 19.2 Å². The molecule has 0 saturated carbocycles. The maximum atomic E-state index is 13.4. The van der Waals surface area contributed by atoms with Gasteiger partial charge in [-0.2, -0.15) is 0 Å². The molecule has 0 fully saturated rings. The summed E-state index contributed by atoms with van der Waals surface area (Å²) in [5.74, 6) is -0.128. The van der Waals surface area contributed by atoms with Crippen molar-refractivity contribution in [2.45, 2.75) is 0 Å². The van der Waals surface area contributed by atoms with Gasteiger partial charge in [-0.1, -0.05) is 109 Å². The number of rotatable bonds is 0. The molecule has 48 heavy (non-hydrogen) atoms. The van der Waals surface area contributed by atoms with E-state index in [1.807, 2.05) is 60.7 Å². The van der Waals surface area contributed by atoms with Gasteiger partial charge in [-0.25, -0.2) is 0 Å². The fourth-order valence-electron chi connectivity index (χ4n) is 8.01. The molecule has 10 aromatic rings. The van der Waals surface area contributed by atoms with Crippen LogP contribution in [0, 0.1) is 0 Å². The summed E-state index contributed by atoms with van der Waals surface area (Å²) in [6.07, 6.45) is 0. The van der Waals surface area contributed by atoms with Crippen LogP contribution < -0.4 is 10.9 Å². The van der Waals surface area contributed by atoms with Gasteiger partial charge < -0.3 is 0 Å². The molecule has 0 atom stereocenters. The van der Waals surface area contributed by atoms with Crippen LogP contribution in [-0.2, 0) is 0 Å². The number of fused-ring (bicyclic) bond motifs is 6. The van der Waals surface area contributed by atoms with E-state index >= 15 is 0 Å². The average molecular weight is 615 g/mol. The SMILES string of the molecule is O=C1c2ccccc2C(=O)c2ccccc21.O=c1c2ccccc2c2cc3ccc4c(=O)c5ccccc5c5cc6ccc1c2c6c3c45. The summed E-state index contributed by atoms with van der Waals surface area (Å²) in [7, 11) is 0. The Hall–Kier alpha value is -6.52. The predicted molar refractivity (Wildman–Crippen MR) is 195 cm³/mol. The van der Waals surface area contributed by atoms with Crippen molar-refractivity contribution in [2.24, 2.45) is 0 Å². The molecule has 4 nitrogen and oxygen atoms in total. The zero-order valence-corrected chi connectivity index (χ0v) is 25.3. The molecule has 0 unspecified atom stereocenters. The Bertz CT molecular complexity index is 2880. The molecule has 1 aliphatic rings. The van der Waals surface area contributed by atoms with Crippen molar-refractivity contribution >= 4 is 87.0 Å². The zero-order chi connectivity index (χ0) is 32.3. The van der Waals surface area contributed by atoms with Crippen LogP contribution in [0.4, 0.5) is 0 Å². The van der Waals surface area contributed by atoms with E-state index in [2.05, 4.69) is 24.3 Å². The number of carbonyl (C=O) groups excluding carboxylic acids is 2. The minimum absolute atomic E-state index is 0.0641. The van der Waals surface area contributed by atoms with E-state index in [4.69, 9.17) is 0 Å². The molecule has 0 N–H and O–H groups in total. The van der Waals surface area contributed by atoms with Gasteiger partial charge in [0.25, 0.3) is 0 Å². The molecule has 0 bridgehead atoms. The third kappa shape index (κ3) is 3.38. The van der Waals surface area contributed by atoms with Crippen molar-refractivity contribution in [3.05, 3.63) is 176 Å². The quantitative estimate of drug-likeness (QED) is 0.126. The maximum absolute atomic E-state index is 13.4. The van der Waals surface area contributed by atoms with E-state index in [0.29, 0.717) is 22.3 Å². The minimum Gasteiger partial charge on any atom is -0.289 e. The first-order valence-electron chi connectivity index (χ1n) is 15.9. The van der Waals surface area contributed by atoms with Crippen LogP contribution in [0.5, 0.6) is 0 Å². The van der Waals surface area contributed by atoms with E-state index in [0.717, 1.165) is 75.4 Å². The highest BCUT2D eigenvalue weighted by Gasteiger charge is 2.28. The van der Waals surface area contributed by atoms with Crippen LogP contribution in [-0.4, -0.2) is 11.6 Å². The van der Waals surface area contributed by atoms with Crippen molar-refractivity contribution in [2.75, 3.05) is 0 Å². The highest BCUT2D eigenvalue weighted by atomic mass is 16.1. The van der Waals surface area contributed by atoms with Crippen LogP contribution in [0.25, 0.3) is 75.4 Å². The summed E-state index contributed by atoms with van der Waals surface area (Å²) in [5.41, 5.74) is 2.16. The second kappa shape index (κ2) is 9.50. The van der Waals surface area contributed by atoms with Crippen LogP contribution in [0.3, 0.4) is 0 Å². The summed E-state index contributed by atoms with van der Waals surface area (Å²) in [6, 6.07) is 42.1.